The molecule has 1 atom stereocenters. The van der Waals surface area contributed by atoms with Crippen molar-refractivity contribution >= 4 is 33.4 Å². The molecule has 0 bridgehead atoms. The van der Waals surface area contributed by atoms with E-state index in [-0.39, 0.29) is 5.88 Å². The van der Waals surface area contributed by atoms with E-state index < -0.39 is 22.6 Å². The fraction of sp³-hybridized carbons (Fsp3) is 0.263. The van der Waals surface area contributed by atoms with Gasteiger partial charge in [-0.2, -0.15) is 0 Å². The van der Waals surface area contributed by atoms with Gasteiger partial charge in [0.05, 0.1) is 17.0 Å². The van der Waals surface area contributed by atoms with Gasteiger partial charge in [-0.1, -0.05) is 19.1 Å². The molecule has 2 aromatic carbocycles. The van der Waals surface area contributed by atoms with Gasteiger partial charge in [0.25, 0.3) is 0 Å². The predicted molar refractivity (Wildman–Crippen MR) is 105 cm³/mol. The smallest absolute Gasteiger partial charge is 0.310 e. The maximum Gasteiger partial charge on any atom is 0.310 e. The Hall–Kier alpha value is -2.87. The minimum Gasteiger partial charge on any atom is -0.481 e. The highest BCUT2D eigenvalue weighted by molar-refractivity contribution is 7.72. The van der Waals surface area contributed by atoms with Crippen molar-refractivity contribution < 1.29 is 18.3 Å². The molecule has 2 N–H and O–H groups in total. The maximum atomic E-state index is 11.2. The van der Waals surface area contributed by atoms with Crippen LogP contribution in [-0.4, -0.2) is 34.9 Å². The Kier molecular flexibility index (Phi) is 5.46. The number of fused-ring (bicyclic) bond motifs is 1. The van der Waals surface area contributed by atoms with Gasteiger partial charge in [0.2, 0.25) is 0 Å². The number of rotatable bonds is 7. The summed E-state index contributed by atoms with van der Waals surface area (Å²) in [6.45, 7) is 3.67. The number of carboxylic acid groups (broad SMARTS) is 1. The maximum absolute atomic E-state index is 11.2. The molecule has 3 rings (SSSR count). The third-order valence-electron chi connectivity index (χ3n) is 4.47. The number of nitrogens with zero attached hydrogens (tertiary/aromatic N) is 2. The van der Waals surface area contributed by atoms with Crippen molar-refractivity contribution in [1.29, 1.82) is 0 Å². The highest BCUT2D eigenvalue weighted by atomic mass is 32.2. The number of imidazole rings is 1. The van der Waals surface area contributed by atoms with Crippen LogP contribution in [0.5, 0.6) is 0 Å². The van der Waals surface area contributed by atoms with Gasteiger partial charge < -0.3 is 10.4 Å². The lowest BCUT2D eigenvalue weighted by Gasteiger charge is -2.11. The van der Waals surface area contributed by atoms with E-state index in [0.717, 1.165) is 34.5 Å². The molecule has 8 heteroatoms. The van der Waals surface area contributed by atoms with Gasteiger partial charge in [0, 0.05) is 17.8 Å². The Morgan fingerprint density at radius 3 is 2.52 bits per heavy atom. The van der Waals surface area contributed by atoms with Gasteiger partial charge in [-0.3, -0.25) is 9.36 Å². The van der Waals surface area contributed by atoms with Gasteiger partial charge in [-0.25, -0.2) is 13.4 Å². The number of nitrogens with one attached hydrogen (secondary N) is 1. The lowest BCUT2D eigenvalue weighted by molar-refractivity contribution is -0.138. The van der Waals surface area contributed by atoms with Crippen LogP contribution in [0.3, 0.4) is 0 Å². The normalized spacial score (nSPS) is 12.4. The number of carboxylic acids is 1. The number of aliphatic carboxylic acids is 1. The predicted octanol–water partition coefficient (Wildman–Crippen LogP) is 2.76. The second kappa shape index (κ2) is 7.79. The molecular formula is C19H21N3O4S. The van der Waals surface area contributed by atoms with Gasteiger partial charge in [0.15, 0.2) is 10.7 Å². The van der Waals surface area contributed by atoms with Crippen molar-refractivity contribution in [2.45, 2.75) is 26.2 Å². The molecule has 0 fully saturated rings. The van der Waals surface area contributed by atoms with E-state index in [0.29, 0.717) is 5.69 Å². The third kappa shape index (κ3) is 3.95. The number of aromatic nitrogens is 2. The summed E-state index contributed by atoms with van der Waals surface area (Å²) in [6.07, 6.45) is 0.719. The van der Waals surface area contributed by atoms with Crippen LogP contribution < -0.4 is 5.32 Å². The Bertz CT molecular complexity index is 1050. The Morgan fingerprint density at radius 1 is 1.22 bits per heavy atom. The fourth-order valence-electron chi connectivity index (χ4n) is 2.98. The quantitative estimate of drug-likeness (QED) is 0.539. The van der Waals surface area contributed by atoms with E-state index in [4.69, 9.17) is 5.11 Å². The Balaban J connectivity index is 2.01. The molecule has 0 radical (unpaired) electrons. The lowest BCUT2D eigenvalue weighted by Crippen LogP contribution is -2.07. The van der Waals surface area contributed by atoms with Crippen LogP contribution in [0.25, 0.3) is 16.7 Å². The van der Waals surface area contributed by atoms with Crippen LogP contribution in [0, 0.1) is 0 Å². The molecule has 142 valence electrons. The van der Waals surface area contributed by atoms with Crippen LogP contribution in [0.15, 0.2) is 42.5 Å². The van der Waals surface area contributed by atoms with Crippen molar-refractivity contribution in [2.75, 3.05) is 11.2 Å². The summed E-state index contributed by atoms with van der Waals surface area (Å²) < 4.78 is 23.6. The summed E-state index contributed by atoms with van der Waals surface area (Å²) in [5, 5.41) is 12.0. The number of benzene rings is 2. The van der Waals surface area contributed by atoms with Crippen molar-refractivity contribution in [2.24, 2.45) is 0 Å². The highest BCUT2D eigenvalue weighted by Gasteiger charge is 2.15. The molecule has 1 aromatic heterocycles. The van der Waals surface area contributed by atoms with E-state index in [9.17, 15) is 13.2 Å². The summed E-state index contributed by atoms with van der Waals surface area (Å²) >= 11 is 0. The topological polar surface area (TPSA) is 101 Å². The van der Waals surface area contributed by atoms with Crippen LogP contribution in [0.2, 0.25) is 0 Å². The first kappa shape index (κ1) is 18.9. The molecule has 0 aliphatic carbocycles. The molecule has 0 aliphatic heterocycles. The number of thiol groups is 1. The van der Waals surface area contributed by atoms with Gasteiger partial charge in [-0.15, -0.1) is 0 Å². The molecule has 0 aliphatic rings. The number of aryl methyl sites for hydroxylation is 1. The second-order valence-electron chi connectivity index (χ2n) is 6.24. The van der Waals surface area contributed by atoms with Crippen molar-refractivity contribution in [3.8, 4) is 5.69 Å². The van der Waals surface area contributed by atoms with Crippen LogP contribution in [0.4, 0.5) is 5.69 Å². The lowest BCUT2D eigenvalue weighted by atomic mass is 10.0. The summed E-state index contributed by atoms with van der Waals surface area (Å²) in [5.74, 6) is -0.669. The van der Waals surface area contributed by atoms with Gasteiger partial charge in [0.1, 0.15) is 11.7 Å². The zero-order valence-corrected chi connectivity index (χ0v) is 15.9. The third-order valence-corrected chi connectivity index (χ3v) is 4.89. The molecule has 1 heterocycles. The van der Waals surface area contributed by atoms with Crippen molar-refractivity contribution in [3.63, 3.8) is 0 Å². The van der Waals surface area contributed by atoms with E-state index in [1.807, 2.05) is 54.0 Å². The number of hydrogen-bond donors (Lipinski definition) is 3. The molecule has 0 amide bonds. The fourth-order valence-corrected chi connectivity index (χ4v) is 3.29. The molecule has 0 spiro atoms. The zero-order valence-electron chi connectivity index (χ0n) is 15.0. The van der Waals surface area contributed by atoms with E-state index in [1.54, 1.807) is 6.92 Å². The van der Waals surface area contributed by atoms with Crippen LogP contribution in [-0.2, 0) is 21.9 Å². The van der Waals surface area contributed by atoms with E-state index >= 15 is 0 Å². The van der Waals surface area contributed by atoms with E-state index in [2.05, 4.69) is 10.3 Å². The molecule has 3 aromatic rings. The number of hydrogen-bond acceptors (Lipinski definition) is 5. The van der Waals surface area contributed by atoms with Crippen molar-refractivity contribution in [1.82, 2.24) is 9.55 Å². The molecule has 27 heavy (non-hydrogen) atoms. The van der Waals surface area contributed by atoms with Gasteiger partial charge in [-0.05, 0) is 42.8 Å². The number of anilines is 1. The van der Waals surface area contributed by atoms with E-state index in [1.165, 1.54) is 0 Å². The molecular weight excluding hydrogens is 366 g/mol. The summed E-state index contributed by atoms with van der Waals surface area (Å²) in [6, 6.07) is 13.0. The molecule has 0 saturated heterocycles. The number of carbonyl (C=O) groups is 1. The minimum atomic E-state index is -2.50. The summed E-state index contributed by atoms with van der Waals surface area (Å²) in [5.41, 5.74) is 4.01. The average Bonchev–Trinajstić information content (AvgIpc) is 3.03. The monoisotopic (exact) mass is 387 g/mol. The first-order chi connectivity index (χ1) is 12.9. The first-order valence-electron chi connectivity index (χ1n) is 8.61. The van der Waals surface area contributed by atoms with Crippen LogP contribution in [0.1, 0.15) is 31.2 Å². The summed E-state index contributed by atoms with van der Waals surface area (Å²) in [7, 11) is -2.50. The highest BCUT2D eigenvalue weighted by Crippen LogP contribution is 2.26. The average molecular weight is 387 g/mol. The standard InChI is InChI=1S/C19H21N3O4S/c1-3-18-21-16-10-14(20-11-27(25)26)6-9-17(16)22(18)15-7-4-13(5-8-15)12(2)19(23)24/h4-10,12,20,27H,3,11H2,1-2H3,(H,23,24). The minimum absolute atomic E-state index is 0.120. The first-order valence-corrected chi connectivity index (χ1v) is 9.97. The van der Waals surface area contributed by atoms with Crippen LogP contribution >= 0.6 is 0 Å². The SMILES string of the molecule is CCc1nc2cc(NC[SH](=O)=O)ccc2n1-c1ccc(C(C)C(=O)O)cc1. The second-order valence-corrected chi connectivity index (χ2v) is 7.22. The molecule has 0 saturated carbocycles. The Labute approximate surface area is 158 Å². The Morgan fingerprint density at radius 2 is 1.93 bits per heavy atom. The molecule has 1 unspecified atom stereocenters. The van der Waals surface area contributed by atoms with Crippen molar-refractivity contribution in [3.05, 3.63) is 53.9 Å². The largest absolute Gasteiger partial charge is 0.481 e. The van der Waals surface area contributed by atoms with Gasteiger partial charge >= 0.3 is 5.97 Å². The zero-order chi connectivity index (χ0) is 19.6. The summed E-state index contributed by atoms with van der Waals surface area (Å²) in [4.78, 5) is 15.8. The molecule has 7 nitrogen and oxygen atoms in total.